The van der Waals surface area contributed by atoms with Crippen molar-refractivity contribution in [2.24, 2.45) is 0 Å². The SMILES string of the molecule is CCCC(C#Cc1ccccc1)(CCC)N1CCCC1. The first-order chi connectivity index (χ1) is 9.80. The maximum Gasteiger partial charge on any atom is 0.0829 e. The summed E-state index contributed by atoms with van der Waals surface area (Å²) in [6.07, 6.45) is 7.48. The lowest BCUT2D eigenvalue weighted by Crippen LogP contribution is -2.46. The fourth-order valence-electron chi connectivity index (χ4n) is 3.33. The monoisotopic (exact) mass is 269 g/mol. The molecular formula is C19H27N. The molecule has 1 aromatic carbocycles. The Morgan fingerprint density at radius 1 is 1.00 bits per heavy atom. The summed E-state index contributed by atoms with van der Waals surface area (Å²) >= 11 is 0. The molecule has 1 saturated heterocycles. The molecule has 0 atom stereocenters. The third-order valence-corrected chi connectivity index (χ3v) is 4.25. The van der Waals surface area contributed by atoms with Gasteiger partial charge < -0.3 is 0 Å². The van der Waals surface area contributed by atoms with Crippen molar-refractivity contribution < 1.29 is 0 Å². The highest BCUT2D eigenvalue weighted by Gasteiger charge is 2.34. The van der Waals surface area contributed by atoms with Gasteiger partial charge in [-0.15, -0.1) is 0 Å². The van der Waals surface area contributed by atoms with E-state index in [-0.39, 0.29) is 5.54 Å². The Bertz CT molecular complexity index is 440. The molecule has 0 unspecified atom stereocenters. The Morgan fingerprint density at radius 2 is 1.60 bits per heavy atom. The third kappa shape index (κ3) is 3.64. The van der Waals surface area contributed by atoms with Gasteiger partial charge in [-0.1, -0.05) is 56.7 Å². The Labute approximate surface area is 124 Å². The normalized spacial score (nSPS) is 15.9. The van der Waals surface area contributed by atoms with E-state index in [2.05, 4.69) is 60.9 Å². The van der Waals surface area contributed by atoms with Gasteiger partial charge in [-0.3, -0.25) is 4.90 Å². The zero-order valence-electron chi connectivity index (χ0n) is 13.0. The summed E-state index contributed by atoms with van der Waals surface area (Å²) in [6.45, 7) is 7.02. The topological polar surface area (TPSA) is 3.24 Å². The van der Waals surface area contributed by atoms with Crippen LogP contribution in [0.25, 0.3) is 0 Å². The second-order valence-electron chi connectivity index (χ2n) is 5.84. The lowest BCUT2D eigenvalue weighted by molar-refractivity contribution is 0.151. The van der Waals surface area contributed by atoms with E-state index >= 15 is 0 Å². The summed E-state index contributed by atoms with van der Waals surface area (Å²) in [5.41, 5.74) is 1.25. The molecule has 1 heterocycles. The molecule has 0 spiro atoms. The summed E-state index contributed by atoms with van der Waals surface area (Å²) in [4.78, 5) is 2.65. The quantitative estimate of drug-likeness (QED) is 0.713. The molecule has 1 aliphatic rings. The van der Waals surface area contributed by atoms with Crippen LogP contribution in [0.4, 0.5) is 0 Å². The smallest absolute Gasteiger partial charge is 0.0829 e. The molecule has 0 aliphatic carbocycles. The van der Waals surface area contributed by atoms with E-state index in [0.717, 1.165) is 5.56 Å². The van der Waals surface area contributed by atoms with Crippen molar-refractivity contribution in [1.82, 2.24) is 4.90 Å². The van der Waals surface area contributed by atoms with Crippen LogP contribution in [-0.4, -0.2) is 23.5 Å². The molecule has 20 heavy (non-hydrogen) atoms. The highest BCUT2D eigenvalue weighted by atomic mass is 15.2. The van der Waals surface area contributed by atoms with Gasteiger partial charge in [0.15, 0.2) is 0 Å². The van der Waals surface area contributed by atoms with Gasteiger partial charge in [0.05, 0.1) is 5.54 Å². The average molecular weight is 269 g/mol. The Hall–Kier alpha value is -1.26. The van der Waals surface area contributed by atoms with Crippen molar-refractivity contribution in [3.8, 4) is 11.8 Å². The van der Waals surface area contributed by atoms with Crippen LogP contribution in [0, 0.1) is 11.8 Å². The second-order valence-corrected chi connectivity index (χ2v) is 5.84. The molecule has 1 nitrogen and oxygen atoms in total. The van der Waals surface area contributed by atoms with Crippen molar-refractivity contribution in [3.63, 3.8) is 0 Å². The molecule has 108 valence electrons. The number of hydrogen-bond donors (Lipinski definition) is 0. The second kappa shape index (κ2) is 7.50. The lowest BCUT2D eigenvalue weighted by atomic mass is 9.87. The summed E-state index contributed by atoms with van der Waals surface area (Å²) in [7, 11) is 0. The van der Waals surface area contributed by atoms with E-state index < -0.39 is 0 Å². The van der Waals surface area contributed by atoms with Crippen LogP contribution in [0.1, 0.15) is 57.9 Å². The molecule has 0 bridgehead atoms. The number of likely N-dealkylation sites (tertiary alicyclic amines) is 1. The zero-order valence-corrected chi connectivity index (χ0v) is 13.0. The van der Waals surface area contributed by atoms with E-state index in [0.29, 0.717) is 0 Å². The zero-order chi connectivity index (χ0) is 14.3. The van der Waals surface area contributed by atoms with Crippen LogP contribution in [-0.2, 0) is 0 Å². The third-order valence-electron chi connectivity index (χ3n) is 4.25. The number of rotatable bonds is 5. The minimum Gasteiger partial charge on any atom is -0.287 e. The van der Waals surface area contributed by atoms with Crippen LogP contribution >= 0.6 is 0 Å². The van der Waals surface area contributed by atoms with E-state index in [4.69, 9.17) is 0 Å². The number of hydrogen-bond acceptors (Lipinski definition) is 1. The standard InChI is InChI=1S/C19H27N/c1-3-13-19(14-4-2,20-16-8-9-17-20)15-12-18-10-6-5-7-11-18/h5-7,10-11H,3-4,8-9,13-14,16-17H2,1-2H3. The minimum absolute atomic E-state index is 0.107. The average Bonchev–Trinajstić information content (AvgIpc) is 3.01. The van der Waals surface area contributed by atoms with Gasteiger partial charge >= 0.3 is 0 Å². The van der Waals surface area contributed by atoms with Crippen molar-refractivity contribution in [2.75, 3.05) is 13.1 Å². The van der Waals surface area contributed by atoms with Gasteiger partial charge in [0.2, 0.25) is 0 Å². The molecule has 1 aromatic rings. The highest BCUT2D eigenvalue weighted by Crippen LogP contribution is 2.30. The van der Waals surface area contributed by atoms with E-state index in [1.54, 1.807) is 0 Å². The molecule has 0 radical (unpaired) electrons. The molecular weight excluding hydrogens is 242 g/mol. The van der Waals surface area contributed by atoms with Crippen molar-refractivity contribution >= 4 is 0 Å². The molecule has 1 fully saturated rings. The number of benzene rings is 1. The van der Waals surface area contributed by atoms with Gasteiger partial charge in [-0.05, 0) is 50.9 Å². The predicted molar refractivity (Wildman–Crippen MR) is 86.7 cm³/mol. The van der Waals surface area contributed by atoms with Gasteiger partial charge in [0.1, 0.15) is 0 Å². The van der Waals surface area contributed by atoms with Crippen LogP contribution in [0.15, 0.2) is 30.3 Å². The van der Waals surface area contributed by atoms with Gasteiger partial charge in [0.25, 0.3) is 0 Å². The summed E-state index contributed by atoms with van der Waals surface area (Å²) in [5, 5.41) is 0. The Kier molecular flexibility index (Phi) is 5.68. The maximum absolute atomic E-state index is 3.67. The minimum atomic E-state index is 0.107. The molecule has 0 amide bonds. The van der Waals surface area contributed by atoms with Crippen LogP contribution in [0.2, 0.25) is 0 Å². The van der Waals surface area contributed by atoms with Gasteiger partial charge in [-0.25, -0.2) is 0 Å². The first-order valence-corrected chi connectivity index (χ1v) is 8.14. The van der Waals surface area contributed by atoms with Crippen LogP contribution in [0.3, 0.4) is 0 Å². The summed E-state index contributed by atoms with van der Waals surface area (Å²) < 4.78 is 0. The predicted octanol–water partition coefficient (Wildman–Crippen LogP) is 4.47. The Morgan fingerprint density at radius 3 is 2.15 bits per heavy atom. The van der Waals surface area contributed by atoms with Crippen molar-refractivity contribution in [3.05, 3.63) is 35.9 Å². The van der Waals surface area contributed by atoms with E-state index in [9.17, 15) is 0 Å². The van der Waals surface area contributed by atoms with E-state index in [1.807, 2.05) is 0 Å². The van der Waals surface area contributed by atoms with Gasteiger partial charge in [-0.2, -0.15) is 0 Å². The molecule has 0 N–H and O–H groups in total. The van der Waals surface area contributed by atoms with E-state index in [1.165, 1.54) is 51.6 Å². The summed E-state index contributed by atoms with van der Waals surface area (Å²) in [5.74, 6) is 7.11. The molecule has 0 saturated carbocycles. The van der Waals surface area contributed by atoms with Crippen LogP contribution in [0.5, 0.6) is 0 Å². The molecule has 1 heteroatoms. The highest BCUT2D eigenvalue weighted by molar-refractivity contribution is 5.37. The van der Waals surface area contributed by atoms with Crippen LogP contribution < -0.4 is 0 Å². The maximum atomic E-state index is 3.67. The fraction of sp³-hybridized carbons (Fsp3) is 0.579. The van der Waals surface area contributed by atoms with Crippen molar-refractivity contribution in [2.45, 2.75) is 57.9 Å². The molecule has 2 rings (SSSR count). The summed E-state index contributed by atoms with van der Waals surface area (Å²) in [6, 6.07) is 10.4. The first kappa shape index (κ1) is 15.1. The first-order valence-electron chi connectivity index (χ1n) is 8.14. The molecule has 0 aromatic heterocycles. The van der Waals surface area contributed by atoms with Gasteiger partial charge in [0, 0.05) is 5.56 Å². The lowest BCUT2D eigenvalue weighted by Gasteiger charge is -2.37. The largest absolute Gasteiger partial charge is 0.287 e. The fourth-order valence-corrected chi connectivity index (χ4v) is 3.33. The molecule has 1 aliphatic heterocycles. The van der Waals surface area contributed by atoms with Crippen molar-refractivity contribution in [1.29, 1.82) is 0 Å². The number of nitrogens with zero attached hydrogens (tertiary/aromatic N) is 1. The Balaban J connectivity index is 2.27.